The number of rotatable bonds is 6. The first kappa shape index (κ1) is 14.5. The summed E-state index contributed by atoms with van der Waals surface area (Å²) in [6.07, 6.45) is 1.94. The summed E-state index contributed by atoms with van der Waals surface area (Å²) in [7, 11) is 0. The number of pyridine rings is 1. The summed E-state index contributed by atoms with van der Waals surface area (Å²) >= 11 is 0. The van der Waals surface area contributed by atoms with Crippen LogP contribution >= 0.6 is 0 Å². The van der Waals surface area contributed by atoms with E-state index in [1.165, 1.54) is 11.1 Å². The molecule has 0 aliphatic rings. The Morgan fingerprint density at radius 2 is 2.00 bits per heavy atom. The largest absolute Gasteiger partial charge is 0.494 e. The fraction of sp³-hybridized carbons (Fsp3) is 0.353. The highest BCUT2D eigenvalue weighted by molar-refractivity contribution is 5.36. The van der Waals surface area contributed by atoms with Gasteiger partial charge in [0.15, 0.2) is 0 Å². The number of aryl methyl sites for hydroxylation is 1. The van der Waals surface area contributed by atoms with Gasteiger partial charge in [-0.15, -0.1) is 0 Å². The van der Waals surface area contributed by atoms with Gasteiger partial charge in [0.05, 0.1) is 12.6 Å². The first-order valence-electron chi connectivity index (χ1n) is 7.13. The lowest BCUT2D eigenvalue weighted by atomic mass is 9.99. The predicted octanol–water partition coefficient (Wildman–Crippen LogP) is 3.49. The van der Waals surface area contributed by atoms with Crippen molar-refractivity contribution in [2.45, 2.75) is 26.8 Å². The van der Waals surface area contributed by atoms with Crippen LogP contribution in [0.3, 0.4) is 0 Å². The summed E-state index contributed by atoms with van der Waals surface area (Å²) in [5.41, 5.74) is 3.40. The molecule has 20 heavy (non-hydrogen) atoms. The van der Waals surface area contributed by atoms with E-state index in [1.54, 1.807) is 0 Å². The fourth-order valence-electron chi connectivity index (χ4n) is 2.23. The molecular formula is C17H22N2O. The Labute approximate surface area is 121 Å². The molecular weight excluding hydrogens is 248 g/mol. The monoisotopic (exact) mass is 270 g/mol. The van der Waals surface area contributed by atoms with E-state index < -0.39 is 0 Å². The highest BCUT2D eigenvalue weighted by atomic mass is 16.5. The van der Waals surface area contributed by atoms with Gasteiger partial charge in [0.1, 0.15) is 5.75 Å². The summed E-state index contributed by atoms with van der Waals surface area (Å²) in [5.74, 6) is 0.910. The van der Waals surface area contributed by atoms with Crippen molar-refractivity contribution in [3.63, 3.8) is 0 Å². The highest BCUT2D eigenvalue weighted by Crippen LogP contribution is 2.25. The molecule has 0 aliphatic carbocycles. The standard InChI is InChI=1S/C17H22N2O/c1-4-18-17(15-10-9-13(3)19-12-15)14-7-6-8-16(11-14)20-5-2/h6-12,17-18H,4-5H2,1-3H3. The molecule has 2 rings (SSSR count). The van der Waals surface area contributed by atoms with Crippen LogP contribution in [-0.4, -0.2) is 18.1 Å². The number of nitrogens with zero attached hydrogens (tertiary/aromatic N) is 1. The molecule has 0 amide bonds. The van der Waals surface area contributed by atoms with Crippen molar-refractivity contribution in [2.75, 3.05) is 13.2 Å². The maximum Gasteiger partial charge on any atom is 0.119 e. The summed E-state index contributed by atoms with van der Waals surface area (Å²) < 4.78 is 5.59. The molecule has 1 atom stereocenters. The second kappa shape index (κ2) is 7.06. The van der Waals surface area contributed by atoms with Gasteiger partial charge in [0.2, 0.25) is 0 Å². The fourth-order valence-corrected chi connectivity index (χ4v) is 2.23. The number of hydrogen-bond acceptors (Lipinski definition) is 3. The van der Waals surface area contributed by atoms with Gasteiger partial charge >= 0.3 is 0 Å². The third-order valence-corrected chi connectivity index (χ3v) is 3.18. The Hall–Kier alpha value is -1.87. The first-order valence-corrected chi connectivity index (χ1v) is 7.13. The van der Waals surface area contributed by atoms with Crippen LogP contribution in [0, 0.1) is 6.92 Å². The molecule has 106 valence electrons. The van der Waals surface area contributed by atoms with Crippen LogP contribution in [0.4, 0.5) is 0 Å². The van der Waals surface area contributed by atoms with E-state index in [0.29, 0.717) is 6.61 Å². The van der Waals surface area contributed by atoms with E-state index in [4.69, 9.17) is 4.74 Å². The molecule has 1 aromatic heterocycles. The van der Waals surface area contributed by atoms with Crippen molar-refractivity contribution in [3.05, 3.63) is 59.4 Å². The minimum atomic E-state index is 0.147. The average molecular weight is 270 g/mol. The highest BCUT2D eigenvalue weighted by Gasteiger charge is 2.13. The van der Waals surface area contributed by atoms with E-state index in [1.807, 2.05) is 38.2 Å². The first-order chi connectivity index (χ1) is 9.74. The van der Waals surface area contributed by atoms with Crippen molar-refractivity contribution in [3.8, 4) is 5.75 Å². The summed E-state index contributed by atoms with van der Waals surface area (Å²) in [6, 6.07) is 12.6. The van der Waals surface area contributed by atoms with E-state index in [-0.39, 0.29) is 6.04 Å². The molecule has 1 heterocycles. The van der Waals surface area contributed by atoms with Crippen LogP contribution in [-0.2, 0) is 0 Å². The predicted molar refractivity (Wildman–Crippen MR) is 82.1 cm³/mol. The van der Waals surface area contributed by atoms with Crippen LogP contribution in [0.5, 0.6) is 5.75 Å². The minimum absolute atomic E-state index is 0.147. The number of nitrogens with one attached hydrogen (secondary N) is 1. The number of benzene rings is 1. The van der Waals surface area contributed by atoms with Crippen molar-refractivity contribution in [1.29, 1.82) is 0 Å². The van der Waals surface area contributed by atoms with E-state index >= 15 is 0 Å². The lowest BCUT2D eigenvalue weighted by Gasteiger charge is -2.19. The zero-order valence-electron chi connectivity index (χ0n) is 12.4. The Balaban J connectivity index is 2.32. The Morgan fingerprint density at radius 1 is 1.15 bits per heavy atom. The van der Waals surface area contributed by atoms with Gasteiger partial charge in [0, 0.05) is 11.9 Å². The lowest BCUT2D eigenvalue weighted by Crippen LogP contribution is -2.22. The molecule has 0 saturated heterocycles. The van der Waals surface area contributed by atoms with Crippen LogP contribution < -0.4 is 10.1 Å². The van der Waals surface area contributed by atoms with Gasteiger partial charge in [-0.1, -0.05) is 25.1 Å². The van der Waals surface area contributed by atoms with Crippen molar-refractivity contribution >= 4 is 0 Å². The van der Waals surface area contributed by atoms with E-state index in [2.05, 4.69) is 35.4 Å². The van der Waals surface area contributed by atoms with E-state index in [0.717, 1.165) is 18.0 Å². The molecule has 3 heteroatoms. The second-order valence-corrected chi connectivity index (χ2v) is 4.73. The molecule has 1 unspecified atom stereocenters. The zero-order valence-corrected chi connectivity index (χ0v) is 12.4. The molecule has 0 bridgehead atoms. The van der Waals surface area contributed by atoms with Crippen LogP contribution in [0.25, 0.3) is 0 Å². The number of hydrogen-bond donors (Lipinski definition) is 1. The lowest BCUT2D eigenvalue weighted by molar-refractivity contribution is 0.339. The molecule has 0 saturated carbocycles. The molecule has 0 aliphatic heterocycles. The van der Waals surface area contributed by atoms with Gasteiger partial charge in [-0.3, -0.25) is 4.98 Å². The molecule has 2 aromatic rings. The normalized spacial score (nSPS) is 12.2. The minimum Gasteiger partial charge on any atom is -0.494 e. The van der Waals surface area contributed by atoms with Crippen molar-refractivity contribution < 1.29 is 4.74 Å². The molecule has 0 radical (unpaired) electrons. The molecule has 1 aromatic carbocycles. The number of aromatic nitrogens is 1. The second-order valence-electron chi connectivity index (χ2n) is 4.73. The molecule has 1 N–H and O–H groups in total. The quantitative estimate of drug-likeness (QED) is 0.872. The van der Waals surface area contributed by atoms with Gasteiger partial charge in [-0.05, 0) is 49.7 Å². The SMILES string of the molecule is CCNC(c1ccc(C)nc1)c1cccc(OCC)c1. The van der Waals surface area contributed by atoms with Crippen LogP contribution in [0.15, 0.2) is 42.6 Å². The summed E-state index contributed by atoms with van der Waals surface area (Å²) in [6.45, 7) is 7.69. The maximum atomic E-state index is 5.59. The van der Waals surface area contributed by atoms with Gasteiger partial charge in [-0.25, -0.2) is 0 Å². The molecule has 3 nitrogen and oxygen atoms in total. The van der Waals surface area contributed by atoms with Crippen molar-refractivity contribution in [1.82, 2.24) is 10.3 Å². The van der Waals surface area contributed by atoms with Gasteiger partial charge in [-0.2, -0.15) is 0 Å². The Bertz CT molecular complexity index is 537. The third kappa shape index (κ3) is 3.58. The van der Waals surface area contributed by atoms with Gasteiger partial charge in [0.25, 0.3) is 0 Å². The van der Waals surface area contributed by atoms with E-state index in [9.17, 15) is 0 Å². The van der Waals surface area contributed by atoms with Crippen LogP contribution in [0.2, 0.25) is 0 Å². The van der Waals surface area contributed by atoms with Crippen molar-refractivity contribution in [2.24, 2.45) is 0 Å². The summed E-state index contributed by atoms with van der Waals surface area (Å²) in [4.78, 5) is 4.40. The zero-order chi connectivity index (χ0) is 14.4. The number of ether oxygens (including phenoxy) is 1. The summed E-state index contributed by atoms with van der Waals surface area (Å²) in [5, 5.41) is 3.51. The Morgan fingerprint density at radius 3 is 2.65 bits per heavy atom. The molecule has 0 spiro atoms. The van der Waals surface area contributed by atoms with Crippen LogP contribution in [0.1, 0.15) is 36.7 Å². The average Bonchev–Trinajstić information content (AvgIpc) is 2.47. The van der Waals surface area contributed by atoms with Gasteiger partial charge < -0.3 is 10.1 Å². The topological polar surface area (TPSA) is 34.2 Å². The smallest absolute Gasteiger partial charge is 0.119 e. The molecule has 0 fully saturated rings. The maximum absolute atomic E-state index is 5.59. The Kier molecular flexibility index (Phi) is 5.13. The third-order valence-electron chi connectivity index (χ3n) is 3.18.